The van der Waals surface area contributed by atoms with Gasteiger partial charge in [-0.1, -0.05) is 322 Å². The summed E-state index contributed by atoms with van der Waals surface area (Å²) in [5.41, 5.74) is 24.2. The summed E-state index contributed by atoms with van der Waals surface area (Å²) in [6, 6.07) is 140. The van der Waals surface area contributed by atoms with Gasteiger partial charge in [0.25, 0.3) is 0 Å². The lowest BCUT2D eigenvalue weighted by atomic mass is 9.98. The Morgan fingerprint density at radius 1 is 0.179 bits per heavy atom. The van der Waals surface area contributed by atoms with E-state index in [0.29, 0.717) is 23.3 Å². The van der Waals surface area contributed by atoms with Crippen molar-refractivity contribution in [3.05, 3.63) is 394 Å². The Bertz CT molecular complexity index is 7220. The van der Waals surface area contributed by atoms with Crippen molar-refractivity contribution in [2.24, 2.45) is 0 Å². The first kappa shape index (κ1) is 65.9. The highest BCUT2D eigenvalue weighted by molar-refractivity contribution is 7.26. The Kier molecular flexibility index (Phi) is 16.5. The zero-order valence-corrected chi connectivity index (χ0v) is 62.1. The van der Waals surface area contributed by atoms with Crippen molar-refractivity contribution < 1.29 is 0 Å². The van der Waals surface area contributed by atoms with Gasteiger partial charge in [-0.05, 0) is 112 Å². The maximum absolute atomic E-state index is 5.34. The highest BCUT2D eigenvalue weighted by atomic mass is 32.1. The van der Waals surface area contributed by atoms with Gasteiger partial charge in [-0.25, -0.2) is 24.9 Å². The fourth-order valence-corrected chi connectivity index (χ4v) is 18.5. The van der Waals surface area contributed by atoms with E-state index in [-0.39, 0.29) is 0 Å². The predicted octanol–water partition coefficient (Wildman–Crippen LogP) is 27.9. The van der Waals surface area contributed by atoms with Gasteiger partial charge < -0.3 is 9.13 Å². The van der Waals surface area contributed by atoms with Crippen LogP contribution in [-0.2, 0) is 0 Å². The highest BCUT2D eigenvalue weighted by Crippen LogP contribution is 2.47. The molecule has 0 aliphatic rings. The Morgan fingerprint density at radius 3 is 0.982 bits per heavy atom. The molecule has 22 rings (SSSR count). The largest absolute Gasteiger partial charge is 0.309 e. The standard InChI is InChI=1S/C52H33N3S.C51H32N4S/c1-4-15-34(16-5-1)37-21-14-22-38(29-37)39-27-28-42-41-23-10-12-25-48(41)55(49(42)30-39)40-31-44-43-24-11-13-26-50(43)56-51(44)45(32-40)47-33-46(35-17-6-2-7-18-35)53-52(54-47)36-19-8-3-9-20-36;1-4-14-33(15-5-1)38-28-29-41-40-20-10-12-22-45(40)55(46(41)30-38)39-31-43(48-44(32-39)42-21-11-13-23-47(42)56-48)34-24-26-37(27-25-34)51-53-49(35-16-6-2-7-17-35)52-50(54-51)36-18-8-3-9-19-36/h1-33H;1-32H. The predicted molar refractivity (Wildman–Crippen MR) is 471 cm³/mol. The monoisotopic (exact) mass is 1460 g/mol. The third kappa shape index (κ3) is 12.0. The molecule has 9 heteroatoms. The number of hydrogen-bond acceptors (Lipinski definition) is 7. The van der Waals surface area contributed by atoms with E-state index < -0.39 is 0 Å². The number of hydrogen-bond donors (Lipinski definition) is 0. The SMILES string of the molecule is c1ccc(-c2ccc3c4ccccc4n(-c4cc(-c5ccc(-c6nc(-c7ccccc7)nc(-c7ccccc7)n6)cc5)c5sc6ccccc6c5c4)c3c2)cc1.c1ccc(-c2cccc(-c3ccc4c5ccccc5n(-c5cc(-c6cc(-c7ccccc7)nc(-c7ccccc7)n6)c6sc7ccccc7c6c5)c4c3)c2)cc1. The molecule has 0 N–H and O–H groups in total. The van der Waals surface area contributed by atoms with Gasteiger partial charge >= 0.3 is 0 Å². The zero-order chi connectivity index (χ0) is 74.0. The van der Waals surface area contributed by atoms with E-state index in [1.54, 1.807) is 0 Å². The average Bonchev–Trinajstić information content (AvgIpc) is 1.57. The molecule has 112 heavy (non-hydrogen) atoms. The van der Waals surface area contributed by atoms with E-state index >= 15 is 0 Å². The summed E-state index contributed by atoms with van der Waals surface area (Å²) in [5.74, 6) is 2.66. The maximum atomic E-state index is 5.34. The fraction of sp³-hybridized carbons (Fsp3) is 0. The topological polar surface area (TPSA) is 74.3 Å². The maximum Gasteiger partial charge on any atom is 0.164 e. The summed E-state index contributed by atoms with van der Waals surface area (Å²) >= 11 is 3.68. The molecule has 0 amide bonds. The van der Waals surface area contributed by atoms with Crippen molar-refractivity contribution in [3.8, 4) is 124 Å². The molecule has 0 spiro atoms. The van der Waals surface area contributed by atoms with Crippen LogP contribution in [0.2, 0.25) is 0 Å². The van der Waals surface area contributed by atoms with Crippen molar-refractivity contribution in [1.29, 1.82) is 0 Å². The number of para-hydroxylation sites is 2. The third-order valence-corrected chi connectivity index (χ3v) is 23.9. The van der Waals surface area contributed by atoms with Crippen LogP contribution in [0.3, 0.4) is 0 Å². The molecule has 6 aromatic heterocycles. The van der Waals surface area contributed by atoms with E-state index in [4.69, 9.17) is 24.9 Å². The molecule has 0 fully saturated rings. The molecule has 524 valence electrons. The normalized spacial score (nSPS) is 11.6. The van der Waals surface area contributed by atoms with Crippen LogP contribution in [-0.4, -0.2) is 34.1 Å². The minimum absolute atomic E-state index is 0.643. The van der Waals surface area contributed by atoms with Gasteiger partial charge in [-0.15, -0.1) is 22.7 Å². The second-order valence-electron chi connectivity index (χ2n) is 28.2. The third-order valence-electron chi connectivity index (χ3n) is 21.5. The van der Waals surface area contributed by atoms with Crippen molar-refractivity contribution >= 4 is 107 Å². The van der Waals surface area contributed by atoms with E-state index in [1.807, 2.05) is 108 Å². The van der Waals surface area contributed by atoms with Gasteiger partial charge in [-0.2, -0.15) is 0 Å². The number of benzene rings is 16. The van der Waals surface area contributed by atoms with E-state index in [9.17, 15) is 0 Å². The first-order chi connectivity index (χ1) is 55.5. The molecule has 0 saturated heterocycles. The average molecular weight is 1460 g/mol. The molecule has 16 aromatic carbocycles. The molecule has 0 aliphatic heterocycles. The van der Waals surface area contributed by atoms with Crippen LogP contribution in [0.15, 0.2) is 394 Å². The lowest BCUT2D eigenvalue weighted by molar-refractivity contribution is 1.07. The smallest absolute Gasteiger partial charge is 0.164 e. The second kappa shape index (κ2) is 28.0. The van der Waals surface area contributed by atoms with Crippen molar-refractivity contribution in [2.75, 3.05) is 0 Å². The molecule has 0 radical (unpaired) electrons. The lowest BCUT2D eigenvalue weighted by Gasteiger charge is -2.14. The van der Waals surface area contributed by atoms with Gasteiger partial charge in [0.15, 0.2) is 23.3 Å². The quantitative estimate of drug-likeness (QED) is 0.122. The van der Waals surface area contributed by atoms with Crippen LogP contribution in [0.5, 0.6) is 0 Å². The summed E-state index contributed by atoms with van der Waals surface area (Å²) < 4.78 is 9.91. The molecule has 0 unspecified atom stereocenters. The highest BCUT2D eigenvalue weighted by Gasteiger charge is 2.23. The minimum Gasteiger partial charge on any atom is -0.309 e. The number of fused-ring (bicyclic) bond motifs is 12. The molecule has 22 aromatic rings. The Hall–Kier alpha value is -14.4. The molecule has 0 atom stereocenters. The molecule has 0 saturated carbocycles. The molecular formula is C103H65N7S2. The Balaban J connectivity index is 0.000000141. The molecule has 6 heterocycles. The molecule has 7 nitrogen and oxygen atoms in total. The van der Waals surface area contributed by atoms with Crippen LogP contribution >= 0.6 is 22.7 Å². The Labute approximate surface area is 654 Å². The number of aromatic nitrogens is 7. The van der Waals surface area contributed by atoms with Gasteiger partial charge in [0, 0.05) is 112 Å². The van der Waals surface area contributed by atoms with Crippen LogP contribution in [0.1, 0.15) is 0 Å². The summed E-state index contributed by atoms with van der Waals surface area (Å²) in [6.45, 7) is 0. The zero-order valence-electron chi connectivity index (χ0n) is 60.5. The van der Waals surface area contributed by atoms with E-state index in [0.717, 1.165) is 67.2 Å². The van der Waals surface area contributed by atoms with E-state index in [1.165, 1.54) is 117 Å². The second-order valence-corrected chi connectivity index (χ2v) is 30.3. The first-order valence-electron chi connectivity index (χ1n) is 37.7. The molecule has 0 aliphatic carbocycles. The molecule has 0 bridgehead atoms. The van der Waals surface area contributed by atoms with Crippen molar-refractivity contribution in [3.63, 3.8) is 0 Å². The Morgan fingerprint density at radius 2 is 0.500 bits per heavy atom. The van der Waals surface area contributed by atoms with Crippen LogP contribution in [0.4, 0.5) is 0 Å². The van der Waals surface area contributed by atoms with E-state index in [2.05, 4.69) is 319 Å². The van der Waals surface area contributed by atoms with Gasteiger partial charge in [-0.3, -0.25) is 0 Å². The van der Waals surface area contributed by atoms with Crippen molar-refractivity contribution in [1.82, 2.24) is 34.1 Å². The summed E-state index contributed by atoms with van der Waals surface area (Å²) in [7, 11) is 0. The van der Waals surface area contributed by atoms with Crippen LogP contribution < -0.4 is 0 Å². The van der Waals surface area contributed by atoms with Crippen LogP contribution in [0.25, 0.3) is 208 Å². The number of nitrogens with zero attached hydrogens (tertiary/aromatic N) is 7. The fourth-order valence-electron chi connectivity index (χ4n) is 16.1. The van der Waals surface area contributed by atoms with Crippen LogP contribution in [0, 0.1) is 0 Å². The van der Waals surface area contributed by atoms with Gasteiger partial charge in [0.2, 0.25) is 0 Å². The lowest BCUT2D eigenvalue weighted by Crippen LogP contribution is -2.00. The van der Waals surface area contributed by atoms with Crippen molar-refractivity contribution in [2.45, 2.75) is 0 Å². The minimum atomic E-state index is 0.643. The molecular weight excluding hydrogens is 1400 g/mol. The first-order valence-corrected chi connectivity index (χ1v) is 39.3. The summed E-state index contributed by atoms with van der Waals surface area (Å²) in [6.07, 6.45) is 0. The summed E-state index contributed by atoms with van der Waals surface area (Å²) in [5, 5.41) is 9.92. The number of thiophene rings is 2. The summed E-state index contributed by atoms with van der Waals surface area (Å²) in [4.78, 5) is 25.3. The van der Waals surface area contributed by atoms with Gasteiger partial charge in [0.05, 0.1) is 33.5 Å². The van der Waals surface area contributed by atoms with Gasteiger partial charge in [0.1, 0.15) is 0 Å². The number of rotatable bonds is 12.